The number of benzene rings is 1. The molecule has 2 nitrogen and oxygen atoms in total. The number of ether oxygens (including phenoxy) is 1. The quantitative estimate of drug-likeness (QED) is 0.735. The summed E-state index contributed by atoms with van der Waals surface area (Å²) >= 11 is 1.82. The summed E-state index contributed by atoms with van der Waals surface area (Å²) in [7, 11) is 0. The van der Waals surface area contributed by atoms with Gasteiger partial charge in [-0.2, -0.15) is 0 Å². The van der Waals surface area contributed by atoms with Crippen LogP contribution in [0.2, 0.25) is 0 Å². The third-order valence-corrected chi connectivity index (χ3v) is 3.98. The van der Waals surface area contributed by atoms with Crippen LogP contribution in [-0.2, 0) is 11.3 Å². The third kappa shape index (κ3) is 4.60. The van der Waals surface area contributed by atoms with Crippen LogP contribution in [0.15, 0.2) is 29.6 Å². The molecule has 3 heteroatoms. The maximum atomic E-state index is 5.56. The van der Waals surface area contributed by atoms with Gasteiger partial charge in [-0.25, -0.2) is 0 Å². The summed E-state index contributed by atoms with van der Waals surface area (Å²) in [5.74, 6) is 0.630. The van der Waals surface area contributed by atoms with Gasteiger partial charge in [-0.15, -0.1) is 11.3 Å². The molecule has 0 unspecified atom stereocenters. The maximum Gasteiger partial charge on any atom is 0.0489 e. The third-order valence-electron chi connectivity index (χ3n) is 2.97. The van der Waals surface area contributed by atoms with E-state index in [-0.39, 0.29) is 0 Å². The summed E-state index contributed by atoms with van der Waals surface area (Å²) < 4.78 is 6.94. The smallest absolute Gasteiger partial charge is 0.0489 e. The second-order valence-electron chi connectivity index (χ2n) is 5.26. The molecule has 0 saturated carbocycles. The Morgan fingerprint density at radius 1 is 1.26 bits per heavy atom. The highest BCUT2D eigenvalue weighted by molar-refractivity contribution is 7.17. The van der Waals surface area contributed by atoms with Crippen molar-refractivity contribution < 1.29 is 4.74 Å². The van der Waals surface area contributed by atoms with Gasteiger partial charge >= 0.3 is 0 Å². The molecule has 19 heavy (non-hydrogen) atoms. The number of rotatable bonds is 8. The Balaban J connectivity index is 1.66. The van der Waals surface area contributed by atoms with Crippen molar-refractivity contribution >= 4 is 21.4 Å². The first-order valence-corrected chi connectivity index (χ1v) is 7.89. The van der Waals surface area contributed by atoms with E-state index in [9.17, 15) is 0 Å². The van der Waals surface area contributed by atoms with Gasteiger partial charge < -0.3 is 10.1 Å². The van der Waals surface area contributed by atoms with Crippen molar-refractivity contribution in [1.82, 2.24) is 5.32 Å². The van der Waals surface area contributed by atoms with Crippen molar-refractivity contribution in [2.24, 2.45) is 5.92 Å². The predicted octanol–water partition coefficient (Wildman–Crippen LogP) is 4.05. The molecule has 0 saturated heterocycles. The lowest BCUT2D eigenvalue weighted by Gasteiger charge is -2.07. The van der Waals surface area contributed by atoms with Crippen LogP contribution in [0.5, 0.6) is 0 Å². The lowest BCUT2D eigenvalue weighted by atomic mass is 10.2. The fraction of sp³-hybridized carbons (Fsp3) is 0.500. The van der Waals surface area contributed by atoms with E-state index in [1.807, 2.05) is 11.3 Å². The minimum absolute atomic E-state index is 0.630. The number of thiophene rings is 1. The molecular formula is C16H23NOS. The molecule has 0 bridgehead atoms. The van der Waals surface area contributed by atoms with Gasteiger partial charge in [0.2, 0.25) is 0 Å². The summed E-state index contributed by atoms with van der Waals surface area (Å²) in [5.41, 5.74) is 1.41. The molecule has 104 valence electrons. The van der Waals surface area contributed by atoms with E-state index in [1.165, 1.54) is 15.6 Å². The van der Waals surface area contributed by atoms with Crippen LogP contribution >= 0.6 is 11.3 Å². The normalized spacial score (nSPS) is 11.5. The van der Waals surface area contributed by atoms with Gasteiger partial charge in [0, 0.05) is 24.5 Å². The first-order chi connectivity index (χ1) is 9.27. The van der Waals surface area contributed by atoms with Crippen molar-refractivity contribution in [3.8, 4) is 0 Å². The molecule has 1 heterocycles. The van der Waals surface area contributed by atoms with Crippen LogP contribution in [0.1, 0.15) is 25.8 Å². The molecule has 0 radical (unpaired) electrons. The van der Waals surface area contributed by atoms with Gasteiger partial charge in [-0.3, -0.25) is 0 Å². The molecule has 1 aromatic carbocycles. The standard InChI is InChI=1S/C16H23NOS/c1-13(2)11-18-9-5-8-17-10-14-12-19-16-7-4-3-6-15(14)16/h3-4,6-7,12-13,17H,5,8-11H2,1-2H3. The van der Waals surface area contributed by atoms with Gasteiger partial charge in [0.1, 0.15) is 0 Å². The fourth-order valence-corrected chi connectivity index (χ4v) is 2.97. The summed E-state index contributed by atoms with van der Waals surface area (Å²) in [4.78, 5) is 0. The Morgan fingerprint density at radius 3 is 2.95 bits per heavy atom. The highest BCUT2D eigenvalue weighted by atomic mass is 32.1. The van der Waals surface area contributed by atoms with Crippen LogP contribution in [-0.4, -0.2) is 19.8 Å². The number of hydrogen-bond acceptors (Lipinski definition) is 3. The van der Waals surface area contributed by atoms with Gasteiger partial charge in [0.05, 0.1) is 0 Å². The molecule has 0 spiro atoms. The zero-order chi connectivity index (χ0) is 13.5. The summed E-state index contributed by atoms with van der Waals surface area (Å²) in [6.07, 6.45) is 1.08. The fourth-order valence-electron chi connectivity index (χ4n) is 2.01. The second kappa shape index (κ2) is 7.63. The largest absolute Gasteiger partial charge is 0.381 e. The Kier molecular flexibility index (Phi) is 5.83. The van der Waals surface area contributed by atoms with Gasteiger partial charge in [-0.1, -0.05) is 32.0 Å². The second-order valence-corrected chi connectivity index (χ2v) is 6.17. The van der Waals surface area contributed by atoms with Gasteiger partial charge in [0.25, 0.3) is 0 Å². The molecule has 2 rings (SSSR count). The minimum Gasteiger partial charge on any atom is -0.381 e. The van der Waals surface area contributed by atoms with E-state index in [0.29, 0.717) is 5.92 Å². The summed E-state index contributed by atoms with van der Waals surface area (Å²) in [5, 5.41) is 7.14. The molecule has 0 aliphatic rings. The lowest BCUT2D eigenvalue weighted by Crippen LogP contribution is -2.16. The van der Waals surface area contributed by atoms with Crippen LogP contribution in [0, 0.1) is 5.92 Å². The predicted molar refractivity (Wildman–Crippen MR) is 83.8 cm³/mol. The zero-order valence-electron chi connectivity index (χ0n) is 11.8. The average molecular weight is 277 g/mol. The molecule has 0 aliphatic carbocycles. The zero-order valence-corrected chi connectivity index (χ0v) is 12.6. The molecular weight excluding hydrogens is 254 g/mol. The van der Waals surface area contributed by atoms with E-state index in [2.05, 4.69) is 48.8 Å². The van der Waals surface area contributed by atoms with Crippen LogP contribution in [0.4, 0.5) is 0 Å². The van der Waals surface area contributed by atoms with Gasteiger partial charge in [-0.05, 0) is 41.3 Å². The van der Waals surface area contributed by atoms with Gasteiger partial charge in [0.15, 0.2) is 0 Å². The number of nitrogens with one attached hydrogen (secondary N) is 1. The van der Waals surface area contributed by atoms with E-state index < -0.39 is 0 Å². The molecule has 0 atom stereocenters. The van der Waals surface area contributed by atoms with E-state index in [4.69, 9.17) is 4.74 Å². The molecule has 1 N–H and O–H groups in total. The van der Waals surface area contributed by atoms with Crippen LogP contribution in [0.25, 0.3) is 10.1 Å². The van der Waals surface area contributed by atoms with E-state index >= 15 is 0 Å². The Bertz CT molecular complexity index is 492. The summed E-state index contributed by atoms with van der Waals surface area (Å²) in [6, 6.07) is 8.60. The Labute approximate surface area is 119 Å². The molecule has 0 aliphatic heterocycles. The first kappa shape index (κ1) is 14.5. The van der Waals surface area contributed by atoms with Crippen molar-refractivity contribution in [1.29, 1.82) is 0 Å². The highest BCUT2D eigenvalue weighted by Crippen LogP contribution is 2.25. The maximum absolute atomic E-state index is 5.56. The molecule has 0 fully saturated rings. The SMILES string of the molecule is CC(C)COCCCNCc1csc2ccccc12. The molecule has 2 aromatic rings. The molecule has 0 amide bonds. The minimum atomic E-state index is 0.630. The van der Waals surface area contributed by atoms with Crippen molar-refractivity contribution in [2.45, 2.75) is 26.8 Å². The monoisotopic (exact) mass is 277 g/mol. The van der Waals surface area contributed by atoms with Crippen LogP contribution in [0.3, 0.4) is 0 Å². The van der Waals surface area contributed by atoms with Crippen molar-refractivity contribution in [2.75, 3.05) is 19.8 Å². The Hall–Kier alpha value is -0.900. The van der Waals surface area contributed by atoms with Crippen molar-refractivity contribution in [3.63, 3.8) is 0 Å². The van der Waals surface area contributed by atoms with E-state index in [0.717, 1.165) is 32.7 Å². The molecule has 1 aromatic heterocycles. The highest BCUT2D eigenvalue weighted by Gasteiger charge is 2.02. The van der Waals surface area contributed by atoms with Crippen LogP contribution < -0.4 is 5.32 Å². The number of fused-ring (bicyclic) bond motifs is 1. The number of hydrogen-bond donors (Lipinski definition) is 1. The lowest BCUT2D eigenvalue weighted by molar-refractivity contribution is 0.108. The van der Waals surface area contributed by atoms with Crippen molar-refractivity contribution in [3.05, 3.63) is 35.2 Å². The average Bonchev–Trinajstić information content (AvgIpc) is 2.81. The Morgan fingerprint density at radius 2 is 2.11 bits per heavy atom. The first-order valence-electron chi connectivity index (χ1n) is 7.01. The van der Waals surface area contributed by atoms with E-state index in [1.54, 1.807) is 0 Å². The topological polar surface area (TPSA) is 21.3 Å². The summed E-state index contributed by atoms with van der Waals surface area (Å²) in [6.45, 7) is 8.06.